The number of aryl methyl sites for hydroxylation is 1. The van der Waals surface area contributed by atoms with E-state index in [-0.39, 0.29) is 27.7 Å². The Morgan fingerprint density at radius 2 is 2.06 bits per heavy atom. The molecule has 2 aromatic heterocycles. The van der Waals surface area contributed by atoms with E-state index >= 15 is 0 Å². The Kier molecular flexibility index (Phi) is 5.16. The fourth-order valence-corrected chi connectivity index (χ4v) is 7.80. The average molecular weight is 526 g/mol. The monoisotopic (exact) mass is 524 g/mol. The van der Waals surface area contributed by atoms with Gasteiger partial charge in [-0.05, 0) is 83.6 Å². The van der Waals surface area contributed by atoms with Crippen LogP contribution in [0.25, 0.3) is 0 Å². The lowest BCUT2D eigenvalue weighted by molar-refractivity contribution is -0.389. The molecule has 9 nitrogen and oxygen atoms in total. The van der Waals surface area contributed by atoms with Crippen LogP contribution in [0.1, 0.15) is 56.3 Å². The van der Waals surface area contributed by atoms with E-state index in [9.17, 15) is 14.9 Å². The predicted octanol–water partition coefficient (Wildman–Crippen LogP) is 4.25. The molecule has 1 N–H and O–H groups in total. The first-order valence-electron chi connectivity index (χ1n) is 10.9. The van der Waals surface area contributed by atoms with E-state index in [1.54, 1.807) is 10.9 Å². The van der Waals surface area contributed by atoms with E-state index in [1.165, 1.54) is 6.42 Å². The summed E-state index contributed by atoms with van der Waals surface area (Å²) < 4.78 is 4.47. The van der Waals surface area contributed by atoms with Crippen molar-refractivity contribution in [3.8, 4) is 0 Å². The average Bonchev–Trinajstić information content (AvgIpc) is 3.18. The van der Waals surface area contributed by atoms with Crippen molar-refractivity contribution in [2.75, 3.05) is 0 Å². The molecule has 0 aromatic carbocycles. The molecule has 0 aliphatic heterocycles. The van der Waals surface area contributed by atoms with E-state index in [4.69, 9.17) is 11.6 Å². The lowest BCUT2D eigenvalue weighted by Crippen LogP contribution is -2.58. The van der Waals surface area contributed by atoms with Crippen LogP contribution in [0.2, 0.25) is 5.02 Å². The zero-order chi connectivity index (χ0) is 22.8. The molecule has 32 heavy (non-hydrogen) atoms. The van der Waals surface area contributed by atoms with Gasteiger partial charge in [-0.15, -0.1) is 0 Å². The number of hydrogen-bond donors (Lipinski definition) is 1. The summed E-state index contributed by atoms with van der Waals surface area (Å²) in [5.41, 5.74) is 1.19. The van der Waals surface area contributed by atoms with Crippen LogP contribution in [0.5, 0.6) is 0 Å². The SMILES string of the molecule is Cc1c(Cl)c([N+](=O)[O-])nn1C12CC3CC(CC(CC(=O)NCc4c(Br)cnn4C)(C3)C1)C2. The molecule has 1 amide bonds. The number of hydrogen-bond acceptors (Lipinski definition) is 5. The second kappa shape index (κ2) is 7.55. The lowest BCUT2D eigenvalue weighted by Gasteiger charge is -2.61. The number of amides is 1. The molecule has 0 radical (unpaired) electrons. The van der Waals surface area contributed by atoms with Crippen LogP contribution in [-0.4, -0.2) is 30.4 Å². The molecule has 2 unspecified atom stereocenters. The highest BCUT2D eigenvalue weighted by molar-refractivity contribution is 9.10. The molecular weight excluding hydrogens is 500 g/mol. The van der Waals surface area contributed by atoms with Crippen molar-refractivity contribution in [2.45, 2.75) is 64.0 Å². The second-order valence-corrected chi connectivity index (χ2v) is 11.3. The van der Waals surface area contributed by atoms with E-state index in [0.717, 1.165) is 42.3 Å². The van der Waals surface area contributed by atoms with Gasteiger partial charge in [-0.2, -0.15) is 9.78 Å². The Morgan fingerprint density at radius 3 is 2.62 bits per heavy atom. The Bertz CT molecular complexity index is 1080. The predicted molar refractivity (Wildman–Crippen MR) is 121 cm³/mol. The fraction of sp³-hybridized carbons (Fsp3) is 0.667. The van der Waals surface area contributed by atoms with Crippen LogP contribution in [0, 0.1) is 34.3 Å². The first kappa shape index (κ1) is 21.9. The van der Waals surface area contributed by atoms with Gasteiger partial charge in [0.2, 0.25) is 5.91 Å². The number of nitrogens with one attached hydrogen (secondary N) is 1. The zero-order valence-electron chi connectivity index (χ0n) is 18.1. The molecule has 172 valence electrons. The van der Waals surface area contributed by atoms with Crippen LogP contribution >= 0.6 is 27.5 Å². The van der Waals surface area contributed by atoms with Gasteiger partial charge in [0.15, 0.2) is 5.02 Å². The summed E-state index contributed by atoms with van der Waals surface area (Å²) in [6.07, 6.45) is 8.13. The largest absolute Gasteiger partial charge is 0.408 e. The molecule has 0 spiro atoms. The summed E-state index contributed by atoms with van der Waals surface area (Å²) in [5, 5.41) is 23.2. The molecule has 4 fully saturated rings. The smallest absolute Gasteiger partial charge is 0.358 e. The van der Waals surface area contributed by atoms with Crippen molar-refractivity contribution >= 4 is 39.3 Å². The zero-order valence-corrected chi connectivity index (χ0v) is 20.4. The number of nitro groups is 1. The summed E-state index contributed by atoms with van der Waals surface area (Å²) in [5.74, 6) is 0.790. The first-order valence-corrected chi connectivity index (χ1v) is 12.1. The number of carbonyl (C=O) groups excluding carboxylic acids is 1. The van der Waals surface area contributed by atoms with E-state index in [1.807, 2.05) is 18.7 Å². The maximum absolute atomic E-state index is 13.0. The van der Waals surface area contributed by atoms with Crippen molar-refractivity contribution in [2.24, 2.45) is 24.3 Å². The van der Waals surface area contributed by atoms with E-state index in [0.29, 0.717) is 30.5 Å². The highest BCUT2D eigenvalue weighted by Crippen LogP contribution is 2.65. The van der Waals surface area contributed by atoms with E-state index in [2.05, 4.69) is 31.4 Å². The molecule has 4 bridgehead atoms. The minimum Gasteiger partial charge on any atom is -0.358 e. The minimum absolute atomic E-state index is 0.0383. The van der Waals surface area contributed by atoms with Crippen LogP contribution in [0.4, 0.5) is 5.82 Å². The molecule has 2 atom stereocenters. The summed E-state index contributed by atoms with van der Waals surface area (Å²) >= 11 is 9.76. The summed E-state index contributed by atoms with van der Waals surface area (Å²) in [4.78, 5) is 23.9. The highest BCUT2D eigenvalue weighted by Gasteiger charge is 2.60. The molecule has 6 rings (SSSR count). The minimum atomic E-state index is -0.508. The van der Waals surface area contributed by atoms with Crippen molar-refractivity contribution in [1.29, 1.82) is 0 Å². The molecule has 11 heteroatoms. The number of rotatable bonds is 6. The van der Waals surface area contributed by atoms with E-state index < -0.39 is 4.92 Å². The first-order chi connectivity index (χ1) is 15.1. The van der Waals surface area contributed by atoms with Crippen LogP contribution in [-0.2, 0) is 23.9 Å². The quantitative estimate of drug-likeness (QED) is 0.448. The van der Waals surface area contributed by atoms with Gasteiger partial charge in [0.1, 0.15) is 0 Å². The maximum atomic E-state index is 13.0. The third kappa shape index (κ3) is 3.46. The normalized spacial score (nSPS) is 30.6. The van der Waals surface area contributed by atoms with Crippen molar-refractivity contribution in [1.82, 2.24) is 24.9 Å². The van der Waals surface area contributed by atoms with Crippen LogP contribution in [0.15, 0.2) is 10.7 Å². The number of nitrogens with zero attached hydrogens (tertiary/aromatic N) is 5. The van der Waals surface area contributed by atoms with Crippen LogP contribution < -0.4 is 5.32 Å². The Morgan fingerprint density at radius 1 is 1.38 bits per heavy atom. The van der Waals surface area contributed by atoms with Gasteiger partial charge in [-0.3, -0.25) is 9.48 Å². The molecule has 2 heterocycles. The van der Waals surface area contributed by atoms with Gasteiger partial charge >= 0.3 is 5.82 Å². The third-order valence-corrected chi connectivity index (χ3v) is 8.90. The van der Waals surface area contributed by atoms with Gasteiger partial charge in [0.25, 0.3) is 0 Å². The fourth-order valence-electron chi connectivity index (χ4n) is 7.12. The number of halogens is 2. The Hall–Kier alpha value is -1.94. The standard InChI is InChI=1S/C21H26BrClN6O3/c1-12-18(23)19(29(31)32)26-28(12)21-6-13-3-14(7-21)5-20(4-13,11-21)8-17(30)24-10-16-15(22)9-25-27(16)2/h9,13-14H,3-8,10-11H2,1-2H3,(H,24,30). The Balaban J connectivity index is 1.39. The second-order valence-electron chi connectivity index (χ2n) is 10.1. The molecule has 4 aliphatic rings. The summed E-state index contributed by atoms with van der Waals surface area (Å²) in [7, 11) is 1.85. The number of aromatic nitrogens is 4. The molecular formula is C21H26BrClN6O3. The van der Waals surface area contributed by atoms with Crippen LogP contribution in [0.3, 0.4) is 0 Å². The van der Waals surface area contributed by atoms with Gasteiger partial charge in [-0.25, -0.2) is 0 Å². The van der Waals surface area contributed by atoms with Crippen molar-refractivity contribution in [3.63, 3.8) is 0 Å². The summed E-state index contributed by atoms with van der Waals surface area (Å²) in [6.45, 7) is 2.23. The van der Waals surface area contributed by atoms with Gasteiger partial charge in [0.05, 0.1) is 39.2 Å². The number of carbonyl (C=O) groups is 1. The Labute approximate surface area is 199 Å². The van der Waals surface area contributed by atoms with Crippen molar-refractivity contribution in [3.05, 3.63) is 37.2 Å². The van der Waals surface area contributed by atoms with Gasteiger partial charge in [0, 0.05) is 13.5 Å². The maximum Gasteiger partial charge on any atom is 0.408 e. The highest BCUT2D eigenvalue weighted by atomic mass is 79.9. The molecule has 4 saturated carbocycles. The molecule has 4 aliphatic carbocycles. The third-order valence-electron chi connectivity index (χ3n) is 7.80. The molecule has 0 saturated heterocycles. The van der Waals surface area contributed by atoms with Crippen molar-refractivity contribution < 1.29 is 9.72 Å². The topological polar surface area (TPSA) is 108 Å². The molecule has 2 aromatic rings. The van der Waals surface area contributed by atoms with Gasteiger partial charge in [-0.1, -0.05) is 11.6 Å². The lowest BCUT2D eigenvalue weighted by atomic mass is 9.46. The summed E-state index contributed by atoms with van der Waals surface area (Å²) in [6, 6.07) is 0. The van der Waals surface area contributed by atoms with Gasteiger partial charge < -0.3 is 15.4 Å².